The molecule has 3 unspecified atom stereocenters. The van der Waals surface area contributed by atoms with Crippen molar-refractivity contribution < 1.29 is 45.7 Å². The van der Waals surface area contributed by atoms with Crippen LogP contribution in [0.15, 0.2) is 43.4 Å². The van der Waals surface area contributed by atoms with Gasteiger partial charge in [0, 0.05) is 7.05 Å². The maximum Gasteiger partial charge on any atom is 0.349 e. The number of hydrogen-bond acceptors (Lipinski definition) is 15. The summed E-state index contributed by atoms with van der Waals surface area (Å²) in [6, 6.07) is 5.70. The van der Waals surface area contributed by atoms with Gasteiger partial charge in [0.1, 0.15) is 18.3 Å². The Morgan fingerprint density at radius 1 is 0.725 bits per heavy atom. The molecule has 6 rings (SSSR count). The van der Waals surface area contributed by atoms with Crippen LogP contribution in [0.5, 0.6) is 0 Å². The number of aromatic amines is 2. The van der Waals surface area contributed by atoms with Gasteiger partial charge in [-0.3, -0.25) is 19.6 Å². The maximum atomic E-state index is 12.2. The van der Waals surface area contributed by atoms with Crippen molar-refractivity contribution in [2.75, 3.05) is 6.61 Å². The number of fused-ring (bicyclic) bond motifs is 4. The Morgan fingerprint density at radius 3 is 1.67 bits per heavy atom. The number of nitrogens with one attached hydrogen (secondary N) is 2. The first kappa shape index (κ1) is 37.6. The van der Waals surface area contributed by atoms with Crippen molar-refractivity contribution in [3.8, 4) is 23.0 Å². The van der Waals surface area contributed by atoms with Crippen LogP contribution >= 0.6 is 0 Å². The first-order valence-corrected chi connectivity index (χ1v) is 14.5. The molecule has 0 saturated heterocycles. The maximum absolute atomic E-state index is 12.2. The first-order chi connectivity index (χ1) is 23.5. The Bertz CT molecular complexity index is 2500. The number of hydrogen-bond donors (Lipinski definition) is 8. The molecule has 3 atom stereocenters. The minimum Gasteiger partial charge on any atom is -0.870 e. The van der Waals surface area contributed by atoms with Crippen LogP contribution in [-0.4, -0.2) is 112 Å². The number of carboxylic acid groups (broad SMARTS) is 2. The van der Waals surface area contributed by atoms with E-state index < -0.39 is 65.9 Å². The molecular weight excluding hydrogens is 680 g/mol. The van der Waals surface area contributed by atoms with Crippen LogP contribution in [0, 0.1) is 13.8 Å². The average Bonchev–Trinajstić information content (AvgIpc) is 3.04. The molecule has 0 fully saturated rings. The van der Waals surface area contributed by atoms with Gasteiger partial charge in [0.2, 0.25) is 0 Å². The molecule has 21 heteroatoms. The van der Waals surface area contributed by atoms with E-state index in [1.165, 1.54) is 22.8 Å². The number of aliphatic hydroxyl groups is 4. The third-order valence-corrected chi connectivity index (χ3v) is 7.85. The molecule has 9 N–H and O–H groups in total. The standard InChI is InChI=1S/C17H18N4O8.C13H10N4O4.H2O/c1-6-2-8-9(3-7(6)16(27)28)21(4-10(23)13(25)11(24)5-22)14-12(18-8)15(26)20-17(29)19-14;1-5-3-7-8(4-6(5)12(19)20)17(2)10-9(14-7)11(18)16-13(21)15-10;/h2-3,10-11,13,22-25H,4-5H2,1H3,(H,27,28)(H,20,26,29);3-4H,1-2H3,(H,19,20)(H,16,18,21);1H2/p-1. The van der Waals surface area contributed by atoms with E-state index in [1.807, 2.05) is 4.98 Å². The lowest BCUT2D eigenvalue weighted by molar-refractivity contribution is -0.0802. The molecule has 268 valence electrons. The van der Waals surface area contributed by atoms with Crippen molar-refractivity contribution in [1.82, 2.24) is 39.0 Å². The molecular formula is C30H29N8O13-. The van der Waals surface area contributed by atoms with Crippen LogP contribution in [0.2, 0.25) is 0 Å². The van der Waals surface area contributed by atoms with Crippen molar-refractivity contribution in [2.24, 2.45) is 7.05 Å². The summed E-state index contributed by atoms with van der Waals surface area (Å²) in [6.45, 7) is 1.90. The number of aryl methyl sites for hydroxylation is 3. The first-order valence-electron chi connectivity index (χ1n) is 14.5. The molecule has 21 nitrogen and oxygen atoms in total. The van der Waals surface area contributed by atoms with Crippen LogP contribution in [0.25, 0.3) is 45.1 Å². The molecule has 0 saturated carbocycles. The fourth-order valence-electron chi connectivity index (χ4n) is 5.29. The third-order valence-electron chi connectivity index (χ3n) is 7.85. The monoisotopic (exact) mass is 709 g/mol. The molecule has 51 heavy (non-hydrogen) atoms. The molecule has 0 aromatic heterocycles. The van der Waals surface area contributed by atoms with E-state index in [9.17, 15) is 49.2 Å². The topological polar surface area (TPSA) is 347 Å². The van der Waals surface area contributed by atoms with Crippen LogP contribution in [-0.2, 0) is 13.6 Å². The SMILES string of the molecule is Cc1cc2nc3c(=O)[nH]c(=O)nc-3n(C)c2cc1C(=O)O.Cc1cc2nc3c(=O)[nH]c(=O)nc-3n(CC(O)C(O)C(O)CO)c2cc1C(=O)O.[OH-]. The number of H-pyrrole nitrogens is 2. The largest absolute Gasteiger partial charge is 0.870 e. The highest BCUT2D eigenvalue weighted by Gasteiger charge is 2.28. The second kappa shape index (κ2) is 14.3. The Kier molecular flexibility index (Phi) is 10.5. The summed E-state index contributed by atoms with van der Waals surface area (Å²) >= 11 is 0. The Morgan fingerprint density at radius 2 is 1.18 bits per heavy atom. The summed E-state index contributed by atoms with van der Waals surface area (Å²) in [5.41, 5.74) is -1.20. The van der Waals surface area contributed by atoms with E-state index in [0.717, 1.165) is 4.57 Å². The molecule has 0 radical (unpaired) electrons. The van der Waals surface area contributed by atoms with Gasteiger partial charge < -0.3 is 45.2 Å². The second-order valence-corrected chi connectivity index (χ2v) is 11.2. The van der Waals surface area contributed by atoms with Crippen molar-refractivity contribution >= 4 is 34.0 Å². The summed E-state index contributed by atoms with van der Waals surface area (Å²) in [5.74, 6) is -2.42. The second-order valence-electron chi connectivity index (χ2n) is 11.2. The fraction of sp³-hybridized carbons (Fsp3) is 0.267. The van der Waals surface area contributed by atoms with Crippen LogP contribution in [0.4, 0.5) is 0 Å². The Hall–Kier alpha value is -6.26. The van der Waals surface area contributed by atoms with Gasteiger partial charge in [0.05, 0.1) is 46.3 Å². The molecule has 0 spiro atoms. The summed E-state index contributed by atoms with van der Waals surface area (Å²) in [6.07, 6.45) is -5.06. The summed E-state index contributed by atoms with van der Waals surface area (Å²) in [4.78, 5) is 89.5. The number of carbonyl (C=O) groups is 2. The fourth-order valence-corrected chi connectivity index (χ4v) is 5.29. The predicted octanol–water partition coefficient (Wildman–Crippen LogP) is -2.38. The van der Waals surface area contributed by atoms with Gasteiger partial charge in [0.15, 0.2) is 23.0 Å². The number of benzene rings is 2. The van der Waals surface area contributed by atoms with E-state index in [4.69, 9.17) is 10.2 Å². The van der Waals surface area contributed by atoms with E-state index in [1.54, 1.807) is 27.0 Å². The number of nitrogens with zero attached hydrogens (tertiary/aromatic N) is 6. The molecule has 2 aromatic rings. The smallest absolute Gasteiger partial charge is 0.349 e. The van der Waals surface area contributed by atoms with E-state index in [-0.39, 0.29) is 50.7 Å². The summed E-state index contributed by atoms with van der Waals surface area (Å²) in [5, 5.41) is 57.3. The number of aliphatic hydroxyl groups excluding tert-OH is 4. The van der Waals surface area contributed by atoms with Gasteiger partial charge in [-0.2, -0.15) is 9.97 Å². The molecule has 0 aliphatic carbocycles. The average molecular weight is 710 g/mol. The van der Waals surface area contributed by atoms with Gasteiger partial charge in [-0.25, -0.2) is 29.1 Å². The van der Waals surface area contributed by atoms with Gasteiger partial charge in [-0.05, 0) is 49.2 Å². The molecule has 0 amide bonds. The van der Waals surface area contributed by atoms with Gasteiger partial charge in [0.25, 0.3) is 11.1 Å². The van der Waals surface area contributed by atoms with E-state index in [2.05, 4.69) is 24.9 Å². The molecule has 0 bridgehead atoms. The van der Waals surface area contributed by atoms with Crippen molar-refractivity contribution in [1.29, 1.82) is 0 Å². The molecule has 4 heterocycles. The molecule has 4 aliphatic heterocycles. The normalized spacial score (nSPS) is 13.0. The highest BCUT2D eigenvalue weighted by Crippen LogP contribution is 2.25. The lowest BCUT2D eigenvalue weighted by atomic mass is 10.1. The summed E-state index contributed by atoms with van der Waals surface area (Å²) < 4.78 is 2.65. The number of rotatable bonds is 7. The van der Waals surface area contributed by atoms with Gasteiger partial charge in [-0.15, -0.1) is 0 Å². The number of aromatic nitrogens is 8. The Labute approximate surface area is 282 Å². The quantitative estimate of drug-likeness (QED) is 0.0802. The van der Waals surface area contributed by atoms with Crippen molar-refractivity contribution in [3.05, 3.63) is 88.2 Å². The van der Waals surface area contributed by atoms with Crippen molar-refractivity contribution in [3.63, 3.8) is 0 Å². The van der Waals surface area contributed by atoms with Crippen LogP contribution in [0.1, 0.15) is 31.8 Å². The van der Waals surface area contributed by atoms with Crippen molar-refractivity contribution in [2.45, 2.75) is 38.7 Å². The minimum absolute atomic E-state index is 0. The number of aromatic carboxylic acids is 2. The van der Waals surface area contributed by atoms with Gasteiger partial charge in [-0.1, -0.05) is 0 Å². The molecule has 4 aliphatic rings. The van der Waals surface area contributed by atoms with E-state index >= 15 is 0 Å². The zero-order valence-corrected chi connectivity index (χ0v) is 26.7. The van der Waals surface area contributed by atoms with Gasteiger partial charge >= 0.3 is 23.3 Å². The zero-order chi connectivity index (χ0) is 36.8. The highest BCUT2D eigenvalue weighted by molar-refractivity contribution is 5.95. The van der Waals surface area contributed by atoms with Crippen LogP contribution in [0.3, 0.4) is 0 Å². The zero-order valence-electron chi connectivity index (χ0n) is 26.7. The van der Waals surface area contributed by atoms with E-state index in [0.29, 0.717) is 22.2 Å². The molecule has 2 aromatic carbocycles. The predicted molar refractivity (Wildman–Crippen MR) is 173 cm³/mol. The third kappa shape index (κ3) is 7.08. The Balaban J connectivity index is 0.000000235. The minimum atomic E-state index is -1.76. The highest BCUT2D eigenvalue weighted by atomic mass is 16.4. The number of carboxylic acids is 2. The summed E-state index contributed by atoms with van der Waals surface area (Å²) in [7, 11) is 1.60. The van der Waals surface area contributed by atoms with Crippen LogP contribution < -0.4 is 22.5 Å². The lowest BCUT2D eigenvalue weighted by Crippen LogP contribution is -2.42. The lowest BCUT2D eigenvalue weighted by Gasteiger charge is -2.25.